The van der Waals surface area contributed by atoms with Crippen molar-refractivity contribution in [3.05, 3.63) is 71.2 Å². The quantitative estimate of drug-likeness (QED) is 0.433. The molecule has 0 bridgehead atoms. The zero-order chi connectivity index (χ0) is 16.6. The first-order valence-electron chi connectivity index (χ1n) is 6.96. The summed E-state index contributed by atoms with van der Waals surface area (Å²) < 4.78 is 14.8. The molecule has 1 aromatic heterocycles. The number of fused-ring (bicyclic) bond motifs is 1. The topological polar surface area (TPSA) is 77.1 Å². The molecule has 0 spiro atoms. The van der Waals surface area contributed by atoms with Crippen LogP contribution in [-0.4, -0.2) is 16.4 Å². The molecule has 0 aliphatic carbocycles. The first-order valence-corrected chi connectivity index (χ1v) is 6.96. The Morgan fingerprint density at radius 2 is 1.87 bits per heavy atom. The molecule has 2 aromatic carbocycles. The summed E-state index contributed by atoms with van der Waals surface area (Å²) in [5.74, 6) is 3.85. The van der Waals surface area contributed by atoms with Crippen molar-refractivity contribution < 1.29 is 14.0 Å². The molecular weight excluding hydrogens is 297 g/mol. The monoisotopic (exact) mass is 311 g/mol. The second-order valence-electron chi connectivity index (χ2n) is 5.10. The highest BCUT2D eigenvalue weighted by Gasteiger charge is 2.23. The molecule has 1 amide bonds. The van der Waals surface area contributed by atoms with Gasteiger partial charge in [-0.15, -0.1) is 0 Å². The maximum Gasteiger partial charge on any atom is 0.267 e. The lowest BCUT2D eigenvalue weighted by atomic mass is 10.1. The number of hydrazine groups is 1. The van der Waals surface area contributed by atoms with Crippen LogP contribution in [-0.2, 0) is 0 Å². The Balaban J connectivity index is 2.28. The van der Waals surface area contributed by atoms with Crippen molar-refractivity contribution >= 4 is 22.7 Å². The summed E-state index contributed by atoms with van der Waals surface area (Å²) in [5.41, 5.74) is 3.64. The Morgan fingerprint density at radius 1 is 1.13 bits per heavy atom. The molecule has 0 fully saturated rings. The molecule has 0 radical (unpaired) electrons. The average molecular weight is 311 g/mol. The number of carbonyl (C=O) groups excluding carboxylic acids is 2. The van der Waals surface area contributed by atoms with Crippen LogP contribution < -0.4 is 11.3 Å². The van der Waals surface area contributed by atoms with Crippen molar-refractivity contribution in [2.45, 2.75) is 6.92 Å². The van der Waals surface area contributed by atoms with Crippen molar-refractivity contribution in [3.63, 3.8) is 0 Å². The highest BCUT2D eigenvalue weighted by Crippen LogP contribution is 2.26. The second-order valence-corrected chi connectivity index (χ2v) is 5.10. The number of nitrogen functional groups attached to an aromatic ring is 1. The van der Waals surface area contributed by atoms with E-state index in [0.717, 1.165) is 0 Å². The van der Waals surface area contributed by atoms with Crippen LogP contribution in [0.3, 0.4) is 0 Å². The maximum absolute atomic E-state index is 13.4. The van der Waals surface area contributed by atoms with Crippen LogP contribution in [0.25, 0.3) is 10.9 Å². The molecule has 1 heterocycles. The van der Waals surface area contributed by atoms with Gasteiger partial charge in [0, 0.05) is 16.6 Å². The van der Waals surface area contributed by atoms with Gasteiger partial charge in [-0.05, 0) is 31.2 Å². The van der Waals surface area contributed by atoms with Gasteiger partial charge in [0.05, 0.1) is 11.1 Å². The van der Waals surface area contributed by atoms with E-state index in [1.54, 1.807) is 31.2 Å². The van der Waals surface area contributed by atoms with Gasteiger partial charge in [-0.2, -0.15) is 0 Å². The molecule has 6 heteroatoms. The molecule has 116 valence electrons. The van der Waals surface area contributed by atoms with Gasteiger partial charge < -0.3 is 0 Å². The molecule has 23 heavy (non-hydrogen) atoms. The highest BCUT2D eigenvalue weighted by molar-refractivity contribution is 6.12. The van der Waals surface area contributed by atoms with Gasteiger partial charge in [-0.3, -0.25) is 19.6 Å². The lowest BCUT2D eigenvalue weighted by Crippen LogP contribution is -2.30. The smallest absolute Gasteiger partial charge is 0.267 e. The van der Waals surface area contributed by atoms with E-state index in [2.05, 4.69) is 5.43 Å². The van der Waals surface area contributed by atoms with E-state index in [1.165, 1.54) is 28.8 Å². The number of nitrogens with two attached hydrogens (primary N) is 1. The SMILES string of the molecule is Cc1c(C(=O)NN)c2ccccc2n1C(=O)c1cccc(F)c1. The summed E-state index contributed by atoms with van der Waals surface area (Å²) in [6.07, 6.45) is 0. The lowest BCUT2D eigenvalue weighted by molar-refractivity contribution is 0.0953. The van der Waals surface area contributed by atoms with Crippen LogP contribution in [0.4, 0.5) is 4.39 Å². The Hall–Kier alpha value is -2.99. The van der Waals surface area contributed by atoms with E-state index < -0.39 is 17.6 Å². The predicted octanol–water partition coefficient (Wildman–Crippen LogP) is 2.38. The molecule has 0 unspecified atom stereocenters. The summed E-state index contributed by atoms with van der Waals surface area (Å²) in [5, 5.41) is 0.609. The van der Waals surface area contributed by atoms with E-state index in [9.17, 15) is 14.0 Å². The predicted molar refractivity (Wildman–Crippen MR) is 84.5 cm³/mol. The zero-order valence-corrected chi connectivity index (χ0v) is 12.3. The molecule has 3 rings (SSSR count). The normalized spacial score (nSPS) is 10.7. The number of hydrogen-bond donors (Lipinski definition) is 2. The van der Waals surface area contributed by atoms with Crippen LogP contribution in [0.1, 0.15) is 26.4 Å². The van der Waals surface area contributed by atoms with Crippen molar-refractivity contribution in [2.24, 2.45) is 5.84 Å². The van der Waals surface area contributed by atoms with E-state index in [1.807, 2.05) is 0 Å². The van der Waals surface area contributed by atoms with Gasteiger partial charge in [0.2, 0.25) is 0 Å². The maximum atomic E-state index is 13.4. The largest absolute Gasteiger partial charge is 0.290 e. The first-order chi connectivity index (χ1) is 11.0. The number of nitrogens with zero attached hydrogens (tertiary/aromatic N) is 1. The number of para-hydroxylation sites is 1. The third-order valence-electron chi connectivity index (χ3n) is 3.74. The third kappa shape index (κ3) is 2.39. The van der Waals surface area contributed by atoms with Crippen LogP contribution in [0.2, 0.25) is 0 Å². The van der Waals surface area contributed by atoms with Crippen molar-refractivity contribution in [2.75, 3.05) is 0 Å². The van der Waals surface area contributed by atoms with Crippen molar-refractivity contribution in [1.82, 2.24) is 9.99 Å². The second kappa shape index (κ2) is 5.66. The molecule has 0 atom stereocenters. The van der Waals surface area contributed by atoms with Gasteiger partial charge in [0.15, 0.2) is 0 Å². The Bertz CT molecular complexity index is 931. The molecular formula is C17H14FN3O2. The minimum atomic E-state index is -0.495. The van der Waals surface area contributed by atoms with Crippen LogP contribution in [0.15, 0.2) is 48.5 Å². The summed E-state index contributed by atoms with van der Waals surface area (Å²) in [6, 6.07) is 12.4. The van der Waals surface area contributed by atoms with E-state index in [0.29, 0.717) is 22.2 Å². The molecule has 0 saturated carbocycles. The Kier molecular flexibility index (Phi) is 3.67. The number of halogens is 1. The van der Waals surface area contributed by atoms with Crippen LogP contribution in [0.5, 0.6) is 0 Å². The molecule has 5 nitrogen and oxygen atoms in total. The number of rotatable bonds is 2. The molecule has 0 saturated heterocycles. The van der Waals surface area contributed by atoms with Crippen LogP contribution >= 0.6 is 0 Å². The summed E-state index contributed by atoms with van der Waals surface area (Å²) >= 11 is 0. The summed E-state index contributed by atoms with van der Waals surface area (Å²) in [7, 11) is 0. The number of aromatic nitrogens is 1. The molecule has 0 aliphatic rings. The minimum absolute atomic E-state index is 0.202. The van der Waals surface area contributed by atoms with Gasteiger partial charge in [-0.1, -0.05) is 24.3 Å². The highest BCUT2D eigenvalue weighted by atomic mass is 19.1. The molecule has 3 N–H and O–H groups in total. The van der Waals surface area contributed by atoms with Gasteiger partial charge in [0.25, 0.3) is 11.8 Å². The van der Waals surface area contributed by atoms with E-state index >= 15 is 0 Å². The summed E-state index contributed by atoms with van der Waals surface area (Å²) in [6.45, 7) is 1.65. The Morgan fingerprint density at radius 3 is 2.57 bits per heavy atom. The fourth-order valence-corrected chi connectivity index (χ4v) is 2.74. The van der Waals surface area contributed by atoms with Gasteiger partial charge >= 0.3 is 0 Å². The van der Waals surface area contributed by atoms with Gasteiger partial charge in [-0.25, -0.2) is 10.2 Å². The van der Waals surface area contributed by atoms with E-state index in [4.69, 9.17) is 5.84 Å². The van der Waals surface area contributed by atoms with E-state index in [-0.39, 0.29) is 5.56 Å². The Labute approximate surface area is 131 Å². The number of hydrogen-bond acceptors (Lipinski definition) is 3. The lowest BCUT2D eigenvalue weighted by Gasteiger charge is -2.07. The number of amides is 1. The number of carbonyl (C=O) groups is 2. The summed E-state index contributed by atoms with van der Waals surface area (Å²) in [4.78, 5) is 24.8. The molecule has 0 aliphatic heterocycles. The average Bonchev–Trinajstić information content (AvgIpc) is 2.85. The van der Waals surface area contributed by atoms with Crippen molar-refractivity contribution in [3.8, 4) is 0 Å². The number of benzene rings is 2. The zero-order valence-electron chi connectivity index (χ0n) is 12.3. The minimum Gasteiger partial charge on any atom is -0.290 e. The van der Waals surface area contributed by atoms with Crippen LogP contribution in [0, 0.1) is 12.7 Å². The molecule has 3 aromatic rings. The number of nitrogens with one attached hydrogen (secondary N) is 1. The van der Waals surface area contributed by atoms with Crippen molar-refractivity contribution in [1.29, 1.82) is 0 Å². The fraction of sp³-hybridized carbons (Fsp3) is 0.0588. The van der Waals surface area contributed by atoms with Gasteiger partial charge in [0.1, 0.15) is 5.82 Å². The third-order valence-corrected chi connectivity index (χ3v) is 3.74. The fourth-order valence-electron chi connectivity index (χ4n) is 2.74. The first kappa shape index (κ1) is 14.9. The standard InChI is InChI=1S/C17H14FN3O2/c1-10-15(16(22)20-19)13-7-2-3-8-14(13)21(10)17(23)11-5-4-6-12(18)9-11/h2-9H,19H2,1H3,(H,20,22).